The molecule has 0 aromatic heterocycles. The van der Waals surface area contributed by atoms with Crippen molar-refractivity contribution < 1.29 is 9.53 Å². The maximum atomic E-state index is 12.4. The van der Waals surface area contributed by atoms with Crippen molar-refractivity contribution in [3.8, 4) is 0 Å². The summed E-state index contributed by atoms with van der Waals surface area (Å²) in [4.78, 5) is 16.6. The maximum absolute atomic E-state index is 12.4. The minimum Gasteiger partial charge on any atom is -0.444 e. The molecule has 1 unspecified atom stereocenters. The van der Waals surface area contributed by atoms with Gasteiger partial charge in [-0.2, -0.15) is 0 Å². The third-order valence-electron chi connectivity index (χ3n) is 4.65. The summed E-state index contributed by atoms with van der Waals surface area (Å²) in [6.07, 6.45) is -0.242. The molecule has 1 fully saturated rings. The first-order chi connectivity index (χ1) is 13.2. The minimum absolute atomic E-state index is 0.0805. The van der Waals surface area contributed by atoms with Gasteiger partial charge >= 0.3 is 6.09 Å². The molecule has 3 rings (SSSR count). The van der Waals surface area contributed by atoms with E-state index >= 15 is 0 Å². The van der Waals surface area contributed by atoms with Crippen LogP contribution < -0.4 is 0 Å². The van der Waals surface area contributed by atoms with Gasteiger partial charge in [-0.05, 0) is 50.1 Å². The molecule has 2 aromatic carbocycles. The lowest BCUT2D eigenvalue weighted by molar-refractivity contribution is 0.0119. The third kappa shape index (κ3) is 5.49. The van der Waals surface area contributed by atoms with Gasteiger partial charge in [0.25, 0.3) is 0 Å². The quantitative estimate of drug-likeness (QED) is 0.579. The van der Waals surface area contributed by atoms with Crippen LogP contribution in [0, 0.1) is 0 Å². The molecule has 6 heteroatoms. The topological polar surface area (TPSA) is 32.8 Å². The zero-order valence-corrected chi connectivity index (χ0v) is 18.8. The molecule has 4 nitrogen and oxygen atoms in total. The molecule has 1 heterocycles. The number of ether oxygens (including phenoxy) is 1. The van der Waals surface area contributed by atoms with Gasteiger partial charge in [-0.1, -0.05) is 57.9 Å². The summed E-state index contributed by atoms with van der Waals surface area (Å²) in [6, 6.07) is 16.5. The van der Waals surface area contributed by atoms with Crippen LogP contribution in [0.4, 0.5) is 4.79 Å². The Balaban J connectivity index is 1.80. The van der Waals surface area contributed by atoms with E-state index in [4.69, 9.17) is 16.3 Å². The summed E-state index contributed by atoms with van der Waals surface area (Å²) in [7, 11) is 0. The number of hydrogen-bond donors (Lipinski definition) is 0. The SMILES string of the molecule is CC(C)(C)OC(=O)N1CCN(C(c2ccccc2)c2cc(Cl)cc(Br)c2)CC1. The van der Waals surface area contributed by atoms with Gasteiger partial charge in [0, 0.05) is 35.7 Å². The molecule has 0 spiro atoms. The van der Waals surface area contributed by atoms with Crippen LogP contribution in [0.5, 0.6) is 0 Å². The number of rotatable bonds is 3. The highest BCUT2D eigenvalue weighted by molar-refractivity contribution is 9.10. The highest BCUT2D eigenvalue weighted by Gasteiger charge is 2.30. The predicted octanol–water partition coefficient (Wildman–Crippen LogP) is 5.74. The average molecular weight is 466 g/mol. The number of amides is 1. The van der Waals surface area contributed by atoms with Gasteiger partial charge in [0.05, 0.1) is 6.04 Å². The van der Waals surface area contributed by atoms with Crippen LogP contribution in [0.3, 0.4) is 0 Å². The summed E-state index contributed by atoms with van der Waals surface area (Å²) < 4.78 is 6.48. The second-order valence-corrected chi connectivity index (χ2v) is 9.37. The Bertz CT molecular complexity index is 795. The second-order valence-electron chi connectivity index (χ2n) is 8.02. The standard InChI is InChI=1S/C22H26BrClN2O2/c1-22(2,3)28-21(27)26-11-9-25(10-12-26)20(16-7-5-4-6-8-16)17-13-18(23)15-19(24)14-17/h4-8,13-15,20H,9-12H2,1-3H3. The summed E-state index contributed by atoms with van der Waals surface area (Å²) in [5.74, 6) is 0. The molecular formula is C22H26BrClN2O2. The van der Waals surface area contributed by atoms with Crippen LogP contribution in [0.1, 0.15) is 37.9 Å². The molecular weight excluding hydrogens is 440 g/mol. The minimum atomic E-state index is -0.478. The van der Waals surface area contributed by atoms with E-state index in [1.807, 2.05) is 39.0 Å². The fourth-order valence-corrected chi connectivity index (χ4v) is 4.36. The van der Waals surface area contributed by atoms with E-state index in [0.717, 1.165) is 23.1 Å². The second kappa shape index (κ2) is 8.85. The number of hydrogen-bond acceptors (Lipinski definition) is 3. The van der Waals surface area contributed by atoms with Crippen molar-refractivity contribution in [2.75, 3.05) is 26.2 Å². The lowest BCUT2D eigenvalue weighted by atomic mass is 9.96. The largest absolute Gasteiger partial charge is 0.444 e. The molecule has 1 amide bonds. The first kappa shape index (κ1) is 21.2. The molecule has 1 atom stereocenters. The Kier molecular flexibility index (Phi) is 6.69. The summed E-state index contributed by atoms with van der Waals surface area (Å²) in [5, 5.41) is 0.706. The summed E-state index contributed by atoms with van der Waals surface area (Å²) in [6.45, 7) is 8.49. The van der Waals surface area contributed by atoms with Gasteiger partial charge in [0.1, 0.15) is 5.60 Å². The fourth-order valence-electron chi connectivity index (χ4n) is 3.47. The van der Waals surface area contributed by atoms with E-state index in [-0.39, 0.29) is 12.1 Å². The van der Waals surface area contributed by atoms with Crippen molar-refractivity contribution in [3.05, 3.63) is 69.2 Å². The zero-order chi connectivity index (χ0) is 20.3. The molecule has 0 aliphatic carbocycles. The molecule has 1 aliphatic heterocycles. The first-order valence-electron chi connectivity index (χ1n) is 9.46. The van der Waals surface area contributed by atoms with Crippen molar-refractivity contribution in [2.24, 2.45) is 0 Å². The van der Waals surface area contributed by atoms with Crippen molar-refractivity contribution in [2.45, 2.75) is 32.4 Å². The Labute approximate surface area is 180 Å². The van der Waals surface area contributed by atoms with Crippen molar-refractivity contribution >= 4 is 33.6 Å². The summed E-state index contributed by atoms with van der Waals surface area (Å²) >= 11 is 9.89. The molecule has 2 aromatic rings. The Hall–Kier alpha value is -1.56. The van der Waals surface area contributed by atoms with Gasteiger partial charge in [0.2, 0.25) is 0 Å². The molecule has 0 saturated carbocycles. The highest BCUT2D eigenvalue weighted by atomic mass is 79.9. The number of piperazine rings is 1. The van der Waals surface area contributed by atoms with Crippen LogP contribution in [0.15, 0.2) is 53.0 Å². The van der Waals surface area contributed by atoms with Gasteiger partial charge in [-0.25, -0.2) is 4.79 Å². The lowest BCUT2D eigenvalue weighted by Gasteiger charge is -2.40. The Morgan fingerprint density at radius 1 is 1.04 bits per heavy atom. The molecule has 150 valence electrons. The van der Waals surface area contributed by atoms with Crippen LogP contribution >= 0.6 is 27.5 Å². The Morgan fingerprint density at radius 2 is 1.68 bits per heavy atom. The van der Waals surface area contributed by atoms with E-state index < -0.39 is 5.60 Å². The molecule has 1 saturated heterocycles. The molecule has 0 bridgehead atoms. The van der Waals surface area contributed by atoms with Crippen molar-refractivity contribution in [1.29, 1.82) is 0 Å². The van der Waals surface area contributed by atoms with E-state index in [0.29, 0.717) is 18.1 Å². The molecule has 0 radical (unpaired) electrons. The van der Waals surface area contributed by atoms with Crippen LogP contribution in [0.2, 0.25) is 5.02 Å². The third-order valence-corrected chi connectivity index (χ3v) is 5.32. The zero-order valence-electron chi connectivity index (χ0n) is 16.5. The van der Waals surface area contributed by atoms with Crippen molar-refractivity contribution in [3.63, 3.8) is 0 Å². The Morgan fingerprint density at radius 3 is 2.25 bits per heavy atom. The summed E-state index contributed by atoms with van der Waals surface area (Å²) in [5.41, 5.74) is 1.87. The number of benzene rings is 2. The number of carbonyl (C=O) groups is 1. The van der Waals surface area contributed by atoms with Crippen molar-refractivity contribution in [1.82, 2.24) is 9.80 Å². The van der Waals surface area contributed by atoms with Crippen LogP contribution in [-0.2, 0) is 4.74 Å². The number of halogens is 2. The maximum Gasteiger partial charge on any atom is 0.410 e. The highest BCUT2D eigenvalue weighted by Crippen LogP contribution is 2.33. The van der Waals surface area contributed by atoms with Gasteiger partial charge in [-0.3, -0.25) is 4.90 Å². The molecule has 1 aliphatic rings. The molecule has 28 heavy (non-hydrogen) atoms. The number of carbonyl (C=O) groups excluding carboxylic acids is 1. The fraction of sp³-hybridized carbons (Fsp3) is 0.409. The van der Waals surface area contributed by atoms with E-state index in [1.54, 1.807) is 4.90 Å². The smallest absolute Gasteiger partial charge is 0.410 e. The van der Waals surface area contributed by atoms with Gasteiger partial charge in [-0.15, -0.1) is 0 Å². The lowest BCUT2D eigenvalue weighted by Crippen LogP contribution is -2.51. The average Bonchev–Trinajstić information content (AvgIpc) is 2.61. The predicted molar refractivity (Wildman–Crippen MR) is 117 cm³/mol. The number of nitrogens with zero attached hydrogens (tertiary/aromatic N) is 2. The van der Waals surface area contributed by atoms with Crippen LogP contribution in [-0.4, -0.2) is 47.7 Å². The monoisotopic (exact) mass is 464 g/mol. The van der Waals surface area contributed by atoms with Crippen LogP contribution in [0.25, 0.3) is 0 Å². The van der Waals surface area contributed by atoms with E-state index in [2.05, 4.69) is 51.2 Å². The van der Waals surface area contributed by atoms with E-state index in [9.17, 15) is 4.79 Å². The van der Waals surface area contributed by atoms with Gasteiger partial charge in [0.15, 0.2) is 0 Å². The van der Waals surface area contributed by atoms with Gasteiger partial charge < -0.3 is 9.64 Å². The normalized spacial score (nSPS) is 16.7. The van der Waals surface area contributed by atoms with E-state index in [1.165, 1.54) is 5.56 Å². The first-order valence-corrected chi connectivity index (χ1v) is 10.6. The molecule has 0 N–H and O–H groups in total.